The number of ether oxygens (including phenoxy) is 2. The minimum atomic E-state index is -0.247. The summed E-state index contributed by atoms with van der Waals surface area (Å²) in [7, 11) is 1.62. The van der Waals surface area contributed by atoms with Crippen LogP contribution in [-0.2, 0) is 16.1 Å². The van der Waals surface area contributed by atoms with Crippen LogP contribution in [0.5, 0.6) is 5.75 Å². The number of amides is 2. The number of nitrogens with one attached hydrogen (secondary N) is 1. The van der Waals surface area contributed by atoms with Gasteiger partial charge >= 0.3 is 0 Å². The summed E-state index contributed by atoms with van der Waals surface area (Å²) in [6.45, 7) is 5.21. The van der Waals surface area contributed by atoms with Crippen LogP contribution in [0.1, 0.15) is 21.5 Å². The normalized spacial score (nSPS) is 12.9. The van der Waals surface area contributed by atoms with E-state index in [2.05, 4.69) is 11.9 Å². The predicted molar refractivity (Wildman–Crippen MR) is 102 cm³/mol. The van der Waals surface area contributed by atoms with Crippen molar-refractivity contribution in [3.63, 3.8) is 0 Å². The first-order valence-electron chi connectivity index (χ1n) is 8.67. The molecule has 140 valence electrons. The lowest BCUT2D eigenvalue weighted by Crippen LogP contribution is -2.36. The number of nitrogens with zero attached hydrogens (tertiary/aromatic N) is 1. The second-order valence-corrected chi connectivity index (χ2v) is 6.15. The fourth-order valence-electron chi connectivity index (χ4n) is 2.89. The molecule has 1 heterocycles. The van der Waals surface area contributed by atoms with Crippen LogP contribution in [0.4, 0.5) is 0 Å². The summed E-state index contributed by atoms with van der Waals surface area (Å²) < 4.78 is 10.5. The van der Waals surface area contributed by atoms with Crippen molar-refractivity contribution in [1.82, 2.24) is 10.2 Å². The van der Waals surface area contributed by atoms with Crippen LogP contribution in [-0.4, -0.2) is 43.6 Å². The lowest BCUT2D eigenvalue weighted by molar-refractivity contribution is -0.121. The van der Waals surface area contributed by atoms with E-state index >= 15 is 0 Å². The Balaban J connectivity index is 1.54. The summed E-state index contributed by atoms with van der Waals surface area (Å²) >= 11 is 0. The number of benzene rings is 2. The maximum atomic E-state index is 12.4. The minimum Gasteiger partial charge on any atom is -0.491 e. The standard InChI is InChI=1S/C21H22N2O4/c1-15-18-8-3-4-9-19(18)21(25)23(15)14-20(24)22-13-16-6-5-7-17(12-16)27-11-10-26-2/h3-9,12H,1,10-11,13-14H2,2H3,(H,22,24). The summed E-state index contributed by atoms with van der Waals surface area (Å²) in [5.41, 5.74) is 2.82. The summed E-state index contributed by atoms with van der Waals surface area (Å²) in [6.07, 6.45) is 0. The number of rotatable bonds is 8. The zero-order chi connectivity index (χ0) is 19.2. The van der Waals surface area contributed by atoms with Crippen LogP contribution < -0.4 is 10.1 Å². The van der Waals surface area contributed by atoms with Gasteiger partial charge in [0.15, 0.2) is 0 Å². The van der Waals surface area contributed by atoms with Crippen molar-refractivity contribution in [3.05, 3.63) is 71.8 Å². The largest absolute Gasteiger partial charge is 0.491 e. The number of carbonyl (C=O) groups excluding carboxylic acids is 2. The van der Waals surface area contributed by atoms with E-state index in [4.69, 9.17) is 9.47 Å². The first-order valence-corrected chi connectivity index (χ1v) is 8.67. The molecule has 1 N–H and O–H groups in total. The van der Waals surface area contributed by atoms with Crippen molar-refractivity contribution in [2.45, 2.75) is 6.54 Å². The quantitative estimate of drug-likeness (QED) is 0.729. The Kier molecular flexibility index (Phi) is 5.88. The van der Waals surface area contributed by atoms with Gasteiger partial charge in [-0.15, -0.1) is 0 Å². The number of hydrogen-bond donors (Lipinski definition) is 1. The van der Waals surface area contributed by atoms with Gasteiger partial charge in [-0.25, -0.2) is 0 Å². The van der Waals surface area contributed by atoms with Gasteiger partial charge in [0.05, 0.1) is 6.61 Å². The number of fused-ring (bicyclic) bond motifs is 1. The van der Waals surface area contributed by atoms with Crippen molar-refractivity contribution in [1.29, 1.82) is 0 Å². The zero-order valence-corrected chi connectivity index (χ0v) is 15.2. The number of hydrogen-bond acceptors (Lipinski definition) is 4. The second-order valence-electron chi connectivity index (χ2n) is 6.15. The Bertz CT molecular complexity index is 828. The van der Waals surface area contributed by atoms with E-state index < -0.39 is 0 Å². The van der Waals surface area contributed by atoms with Crippen LogP contribution >= 0.6 is 0 Å². The molecule has 2 amide bonds. The molecular formula is C21H22N2O4. The summed E-state index contributed by atoms with van der Waals surface area (Å²) in [6, 6.07) is 14.7. The van der Waals surface area contributed by atoms with Gasteiger partial charge in [0.25, 0.3) is 5.91 Å². The van der Waals surface area contributed by atoms with E-state index in [-0.39, 0.29) is 18.4 Å². The van der Waals surface area contributed by atoms with Gasteiger partial charge in [0.1, 0.15) is 18.9 Å². The highest BCUT2D eigenvalue weighted by atomic mass is 16.5. The average Bonchev–Trinajstić information content (AvgIpc) is 2.92. The highest BCUT2D eigenvalue weighted by Gasteiger charge is 2.31. The first kappa shape index (κ1) is 18.7. The van der Waals surface area contributed by atoms with Gasteiger partial charge in [-0.3, -0.25) is 14.5 Å². The molecule has 3 rings (SSSR count). The van der Waals surface area contributed by atoms with E-state index in [9.17, 15) is 9.59 Å². The fraction of sp³-hybridized carbons (Fsp3) is 0.238. The lowest BCUT2D eigenvalue weighted by Gasteiger charge is -2.17. The maximum Gasteiger partial charge on any atom is 0.259 e. The Morgan fingerprint density at radius 2 is 1.89 bits per heavy atom. The molecule has 0 radical (unpaired) electrons. The smallest absolute Gasteiger partial charge is 0.259 e. The molecule has 6 nitrogen and oxygen atoms in total. The monoisotopic (exact) mass is 366 g/mol. The van der Waals surface area contributed by atoms with Crippen molar-refractivity contribution in [2.75, 3.05) is 26.9 Å². The molecular weight excluding hydrogens is 344 g/mol. The molecule has 0 spiro atoms. The highest BCUT2D eigenvalue weighted by Crippen LogP contribution is 2.30. The van der Waals surface area contributed by atoms with E-state index in [0.717, 1.165) is 16.9 Å². The third-order valence-electron chi connectivity index (χ3n) is 4.29. The molecule has 27 heavy (non-hydrogen) atoms. The van der Waals surface area contributed by atoms with Crippen LogP contribution in [0, 0.1) is 0 Å². The molecule has 0 unspecified atom stereocenters. The molecule has 6 heteroatoms. The van der Waals surface area contributed by atoms with Gasteiger partial charge in [-0.05, 0) is 23.8 Å². The number of methoxy groups -OCH3 is 1. The van der Waals surface area contributed by atoms with Gasteiger partial charge in [0.2, 0.25) is 5.91 Å². The molecule has 0 saturated carbocycles. The van der Waals surface area contributed by atoms with Crippen molar-refractivity contribution in [3.8, 4) is 5.75 Å². The Morgan fingerprint density at radius 3 is 2.63 bits per heavy atom. The van der Waals surface area contributed by atoms with Crippen LogP contribution in [0.2, 0.25) is 0 Å². The fourth-order valence-corrected chi connectivity index (χ4v) is 2.89. The molecule has 0 saturated heterocycles. The molecule has 2 aromatic carbocycles. The van der Waals surface area contributed by atoms with E-state index in [1.54, 1.807) is 19.2 Å². The Morgan fingerprint density at radius 1 is 1.11 bits per heavy atom. The molecule has 0 bridgehead atoms. The SMILES string of the molecule is C=C1c2ccccc2C(=O)N1CC(=O)NCc1cccc(OCCOC)c1. The summed E-state index contributed by atoms with van der Waals surface area (Å²) in [5.74, 6) is 0.277. The molecule has 0 aliphatic carbocycles. The van der Waals surface area contributed by atoms with E-state index in [1.807, 2.05) is 36.4 Å². The zero-order valence-electron chi connectivity index (χ0n) is 15.2. The van der Waals surface area contributed by atoms with Crippen molar-refractivity contribution >= 4 is 17.5 Å². The Labute approximate surface area is 158 Å². The number of carbonyl (C=O) groups is 2. The maximum absolute atomic E-state index is 12.4. The third-order valence-corrected chi connectivity index (χ3v) is 4.29. The van der Waals surface area contributed by atoms with Gasteiger partial charge in [-0.2, -0.15) is 0 Å². The minimum absolute atomic E-state index is 0.0592. The van der Waals surface area contributed by atoms with Crippen molar-refractivity contribution in [2.24, 2.45) is 0 Å². The first-order chi connectivity index (χ1) is 13.1. The topological polar surface area (TPSA) is 67.9 Å². The Hall–Kier alpha value is -3.12. The molecule has 2 aromatic rings. The molecule has 1 aliphatic heterocycles. The average molecular weight is 366 g/mol. The van der Waals surface area contributed by atoms with Crippen LogP contribution in [0.25, 0.3) is 5.70 Å². The highest BCUT2D eigenvalue weighted by molar-refractivity contribution is 6.10. The van der Waals surface area contributed by atoms with Crippen LogP contribution in [0.3, 0.4) is 0 Å². The van der Waals surface area contributed by atoms with Gasteiger partial charge in [-0.1, -0.05) is 36.9 Å². The van der Waals surface area contributed by atoms with E-state index in [1.165, 1.54) is 4.90 Å². The molecule has 0 atom stereocenters. The lowest BCUT2D eigenvalue weighted by atomic mass is 10.1. The predicted octanol–water partition coefficient (Wildman–Crippen LogP) is 2.45. The van der Waals surface area contributed by atoms with Crippen LogP contribution in [0.15, 0.2) is 55.1 Å². The van der Waals surface area contributed by atoms with Crippen molar-refractivity contribution < 1.29 is 19.1 Å². The molecule has 0 fully saturated rings. The van der Waals surface area contributed by atoms with Gasteiger partial charge < -0.3 is 14.8 Å². The molecule has 0 aromatic heterocycles. The summed E-state index contributed by atoms with van der Waals surface area (Å²) in [5, 5.41) is 2.83. The van der Waals surface area contributed by atoms with E-state index in [0.29, 0.717) is 31.0 Å². The second kappa shape index (κ2) is 8.51. The van der Waals surface area contributed by atoms with Gasteiger partial charge in [0, 0.05) is 30.5 Å². The summed E-state index contributed by atoms with van der Waals surface area (Å²) in [4.78, 5) is 26.2. The third kappa shape index (κ3) is 4.35. The molecule has 1 aliphatic rings.